The second-order valence-corrected chi connectivity index (χ2v) is 8.81. The van der Waals surface area contributed by atoms with Gasteiger partial charge in [0, 0.05) is 11.6 Å². The summed E-state index contributed by atoms with van der Waals surface area (Å²) in [5, 5.41) is 4.38. The standard InChI is InChI=1S/C26H28N6/c1-3-4-10-20(26(27)15-18(2)16-26)11-7-12-21-24(19-8-5-6-9-19)30-22-17-28-23-13-14-29-32(23)25(22)31-21/h4-8,10-14,17-18H,3,9,15-16,27H2,1-2H3/b10-4?,12-7+,20-11+. The van der Waals surface area contributed by atoms with Crippen molar-refractivity contribution in [3.8, 4) is 0 Å². The van der Waals surface area contributed by atoms with Crippen LogP contribution in [0.1, 0.15) is 50.9 Å². The minimum atomic E-state index is -0.238. The Morgan fingerprint density at radius 3 is 2.94 bits per heavy atom. The highest BCUT2D eigenvalue weighted by atomic mass is 15.3. The SMILES string of the molecule is CCC=C/C(=C\C=C\c1nc2c(cnc3ccnn32)nc1C1=CC=CC1)C1(N)CC(C)C1. The van der Waals surface area contributed by atoms with E-state index in [0.29, 0.717) is 11.6 Å². The van der Waals surface area contributed by atoms with Crippen molar-refractivity contribution in [3.63, 3.8) is 0 Å². The molecule has 6 nitrogen and oxygen atoms in total. The average Bonchev–Trinajstić information content (AvgIpc) is 3.46. The van der Waals surface area contributed by atoms with Crippen LogP contribution >= 0.6 is 0 Å². The van der Waals surface area contributed by atoms with E-state index in [0.717, 1.165) is 53.8 Å². The van der Waals surface area contributed by atoms with Gasteiger partial charge in [0.1, 0.15) is 5.52 Å². The summed E-state index contributed by atoms with van der Waals surface area (Å²) in [5.74, 6) is 0.673. The third kappa shape index (κ3) is 3.71. The van der Waals surface area contributed by atoms with Crippen LogP contribution in [0, 0.1) is 5.92 Å². The molecule has 3 heterocycles. The second-order valence-electron chi connectivity index (χ2n) is 8.81. The van der Waals surface area contributed by atoms with Crippen LogP contribution < -0.4 is 5.73 Å². The maximum Gasteiger partial charge on any atom is 0.183 e. The highest BCUT2D eigenvalue weighted by Gasteiger charge is 2.40. The molecule has 2 aliphatic rings. The second kappa shape index (κ2) is 8.28. The number of rotatable bonds is 6. The molecule has 0 radical (unpaired) electrons. The van der Waals surface area contributed by atoms with Crippen molar-refractivity contribution in [1.82, 2.24) is 24.6 Å². The van der Waals surface area contributed by atoms with Gasteiger partial charge in [0.2, 0.25) is 0 Å². The van der Waals surface area contributed by atoms with Gasteiger partial charge in [-0.2, -0.15) is 9.61 Å². The van der Waals surface area contributed by atoms with Crippen LogP contribution in [0.5, 0.6) is 0 Å². The molecule has 2 N–H and O–H groups in total. The number of fused-ring (bicyclic) bond motifs is 3. The number of aromatic nitrogens is 5. The van der Waals surface area contributed by atoms with E-state index in [9.17, 15) is 0 Å². The van der Waals surface area contributed by atoms with Crippen molar-refractivity contribution in [1.29, 1.82) is 0 Å². The Kier molecular flexibility index (Phi) is 5.31. The molecule has 3 aromatic heterocycles. The van der Waals surface area contributed by atoms with Crippen molar-refractivity contribution >= 4 is 28.5 Å². The third-order valence-corrected chi connectivity index (χ3v) is 6.21. The fourth-order valence-electron chi connectivity index (χ4n) is 4.65. The van der Waals surface area contributed by atoms with E-state index in [1.807, 2.05) is 12.1 Å². The average molecular weight is 425 g/mol. The van der Waals surface area contributed by atoms with E-state index in [4.69, 9.17) is 15.7 Å². The Balaban J connectivity index is 1.58. The van der Waals surface area contributed by atoms with Gasteiger partial charge in [-0.1, -0.05) is 56.4 Å². The summed E-state index contributed by atoms with van der Waals surface area (Å²) >= 11 is 0. The van der Waals surface area contributed by atoms with E-state index in [2.05, 4.69) is 66.5 Å². The monoisotopic (exact) mass is 424 g/mol. The first-order chi connectivity index (χ1) is 15.6. The topological polar surface area (TPSA) is 82.0 Å². The van der Waals surface area contributed by atoms with Gasteiger partial charge in [0.25, 0.3) is 0 Å². The van der Waals surface area contributed by atoms with E-state index < -0.39 is 0 Å². The first-order valence-electron chi connectivity index (χ1n) is 11.3. The molecule has 162 valence electrons. The van der Waals surface area contributed by atoms with Gasteiger partial charge in [-0.15, -0.1) is 0 Å². The lowest BCUT2D eigenvalue weighted by Gasteiger charge is -2.44. The summed E-state index contributed by atoms with van der Waals surface area (Å²) in [6.45, 7) is 4.40. The molecule has 0 amide bonds. The van der Waals surface area contributed by atoms with Crippen LogP contribution in [0.3, 0.4) is 0 Å². The molecule has 0 spiro atoms. The van der Waals surface area contributed by atoms with E-state index in [-0.39, 0.29) is 5.54 Å². The first kappa shape index (κ1) is 20.5. The predicted octanol–water partition coefficient (Wildman–Crippen LogP) is 5.05. The van der Waals surface area contributed by atoms with Crippen molar-refractivity contribution in [2.24, 2.45) is 11.7 Å². The minimum Gasteiger partial charge on any atom is -0.321 e. The Hall–Kier alpha value is -3.38. The predicted molar refractivity (Wildman–Crippen MR) is 130 cm³/mol. The summed E-state index contributed by atoms with van der Waals surface area (Å²) in [6, 6.07) is 1.86. The van der Waals surface area contributed by atoms with Crippen LogP contribution in [0.2, 0.25) is 0 Å². The molecule has 0 atom stereocenters. The van der Waals surface area contributed by atoms with Gasteiger partial charge >= 0.3 is 0 Å². The highest BCUT2D eigenvalue weighted by molar-refractivity contribution is 5.81. The molecular formula is C26H28N6. The van der Waals surface area contributed by atoms with Crippen molar-refractivity contribution < 1.29 is 0 Å². The maximum absolute atomic E-state index is 6.69. The van der Waals surface area contributed by atoms with Crippen LogP contribution in [0.4, 0.5) is 0 Å². The van der Waals surface area contributed by atoms with Crippen LogP contribution in [0.25, 0.3) is 28.5 Å². The molecule has 3 aromatic rings. The zero-order valence-electron chi connectivity index (χ0n) is 18.6. The summed E-state index contributed by atoms with van der Waals surface area (Å²) in [5.41, 5.74) is 12.7. The molecule has 1 saturated carbocycles. The van der Waals surface area contributed by atoms with Crippen molar-refractivity contribution in [2.75, 3.05) is 0 Å². The molecule has 0 aromatic carbocycles. The van der Waals surface area contributed by atoms with Crippen LogP contribution in [-0.2, 0) is 0 Å². The Labute approximate surface area is 188 Å². The fraction of sp³-hybridized carbons (Fsp3) is 0.308. The zero-order valence-corrected chi connectivity index (χ0v) is 18.6. The number of hydrogen-bond donors (Lipinski definition) is 1. The van der Waals surface area contributed by atoms with E-state index >= 15 is 0 Å². The van der Waals surface area contributed by atoms with E-state index in [1.54, 1.807) is 16.9 Å². The Bertz CT molecular complexity index is 1310. The maximum atomic E-state index is 6.69. The minimum absolute atomic E-state index is 0.238. The Morgan fingerprint density at radius 1 is 1.31 bits per heavy atom. The van der Waals surface area contributed by atoms with Crippen LogP contribution in [0.15, 0.2) is 66.6 Å². The van der Waals surface area contributed by atoms with E-state index in [1.165, 1.54) is 5.57 Å². The summed E-state index contributed by atoms with van der Waals surface area (Å²) in [6.07, 6.45) is 24.2. The largest absolute Gasteiger partial charge is 0.321 e. The van der Waals surface area contributed by atoms with Gasteiger partial charge in [0.15, 0.2) is 11.3 Å². The molecule has 5 rings (SSSR count). The number of nitrogens with two attached hydrogens (primary N) is 1. The molecule has 0 saturated heterocycles. The van der Waals surface area contributed by atoms with Crippen molar-refractivity contribution in [3.05, 3.63) is 78.0 Å². The quantitative estimate of drug-likeness (QED) is 0.560. The first-order valence-corrected chi connectivity index (χ1v) is 11.3. The zero-order chi connectivity index (χ0) is 22.1. The fourth-order valence-corrected chi connectivity index (χ4v) is 4.65. The molecule has 2 aliphatic carbocycles. The molecule has 0 aliphatic heterocycles. The molecular weight excluding hydrogens is 396 g/mol. The highest BCUT2D eigenvalue weighted by Crippen LogP contribution is 2.41. The lowest BCUT2D eigenvalue weighted by molar-refractivity contribution is 0.205. The normalized spacial score (nSPS) is 23.7. The lowest BCUT2D eigenvalue weighted by Crippen LogP contribution is -2.52. The summed E-state index contributed by atoms with van der Waals surface area (Å²) in [4.78, 5) is 14.3. The molecule has 32 heavy (non-hydrogen) atoms. The molecule has 6 heteroatoms. The molecule has 0 bridgehead atoms. The number of allylic oxidation sites excluding steroid dienone is 7. The van der Waals surface area contributed by atoms with Gasteiger partial charge < -0.3 is 5.73 Å². The molecule has 1 fully saturated rings. The van der Waals surface area contributed by atoms with Gasteiger partial charge in [-0.05, 0) is 48.8 Å². The van der Waals surface area contributed by atoms with Crippen LogP contribution in [-0.4, -0.2) is 30.1 Å². The summed E-state index contributed by atoms with van der Waals surface area (Å²) in [7, 11) is 0. The lowest BCUT2D eigenvalue weighted by atomic mass is 9.65. The summed E-state index contributed by atoms with van der Waals surface area (Å²) < 4.78 is 1.74. The van der Waals surface area contributed by atoms with Gasteiger partial charge in [-0.3, -0.25) is 0 Å². The third-order valence-electron chi connectivity index (χ3n) is 6.21. The smallest absolute Gasteiger partial charge is 0.183 e. The van der Waals surface area contributed by atoms with Crippen molar-refractivity contribution in [2.45, 2.75) is 45.1 Å². The van der Waals surface area contributed by atoms with Gasteiger partial charge in [-0.25, -0.2) is 15.0 Å². The number of nitrogens with zero attached hydrogens (tertiary/aromatic N) is 5. The molecule has 0 unspecified atom stereocenters. The van der Waals surface area contributed by atoms with Gasteiger partial charge in [0.05, 0.1) is 23.8 Å². The number of hydrogen-bond acceptors (Lipinski definition) is 5. The Morgan fingerprint density at radius 2 is 2.19 bits per heavy atom.